The third kappa shape index (κ3) is 9.63. The van der Waals surface area contributed by atoms with Crippen molar-refractivity contribution in [2.75, 3.05) is 0 Å². The van der Waals surface area contributed by atoms with Crippen LogP contribution >= 0.6 is 0 Å². The largest absolute Gasteiger partial charge is 0.103 e. The zero-order valence-electron chi connectivity index (χ0n) is 21.0. The summed E-state index contributed by atoms with van der Waals surface area (Å²) in [5.74, 6) is 8.63. The van der Waals surface area contributed by atoms with Crippen LogP contribution in [-0.4, -0.2) is 0 Å². The van der Waals surface area contributed by atoms with Crippen LogP contribution in [0.25, 0.3) is 0 Å². The molecule has 1 fully saturated rings. The van der Waals surface area contributed by atoms with Crippen LogP contribution in [0.2, 0.25) is 0 Å². The zero-order valence-corrected chi connectivity index (χ0v) is 21.0. The van der Waals surface area contributed by atoms with Gasteiger partial charge in [-0.25, -0.2) is 0 Å². The summed E-state index contributed by atoms with van der Waals surface area (Å²) in [5, 5.41) is 0. The molecule has 0 aromatic heterocycles. The Hall–Kier alpha value is -2.26. The number of hydrogen-bond donors (Lipinski definition) is 0. The summed E-state index contributed by atoms with van der Waals surface area (Å²) in [6.07, 6.45) is 20.7. The van der Waals surface area contributed by atoms with Gasteiger partial charge < -0.3 is 0 Å². The van der Waals surface area contributed by atoms with Gasteiger partial charge in [0.15, 0.2) is 0 Å². The molecule has 0 atom stereocenters. The smallest absolute Gasteiger partial charge is 0.0249 e. The van der Waals surface area contributed by atoms with Crippen LogP contribution in [0.3, 0.4) is 0 Å². The third-order valence-corrected chi connectivity index (χ3v) is 7.41. The maximum absolute atomic E-state index is 3.79. The number of hydrogen-bond acceptors (Lipinski definition) is 0. The Kier molecular flexibility index (Phi) is 11.4. The van der Waals surface area contributed by atoms with Gasteiger partial charge in [0.25, 0.3) is 0 Å². The van der Waals surface area contributed by atoms with Gasteiger partial charge in [-0.15, -0.1) is 6.58 Å². The van der Waals surface area contributed by atoms with Gasteiger partial charge in [0.2, 0.25) is 0 Å². The predicted octanol–water partition coefficient (Wildman–Crippen LogP) is 9.30. The molecular formula is C33H44. The van der Waals surface area contributed by atoms with E-state index in [1.54, 1.807) is 0 Å². The molecule has 0 N–H and O–H groups in total. The fraction of sp³-hybridized carbons (Fsp3) is 0.515. The molecule has 1 aliphatic carbocycles. The van der Waals surface area contributed by atoms with Crippen molar-refractivity contribution in [3.05, 3.63) is 83.4 Å². The van der Waals surface area contributed by atoms with Crippen molar-refractivity contribution in [2.45, 2.75) is 96.8 Å². The van der Waals surface area contributed by atoms with Crippen molar-refractivity contribution in [1.29, 1.82) is 0 Å². The fourth-order valence-electron chi connectivity index (χ4n) is 5.12. The Labute approximate surface area is 203 Å². The predicted molar refractivity (Wildman–Crippen MR) is 145 cm³/mol. The summed E-state index contributed by atoms with van der Waals surface area (Å²) in [7, 11) is 0. The van der Waals surface area contributed by atoms with Crippen molar-refractivity contribution in [1.82, 2.24) is 0 Å². The Morgan fingerprint density at radius 3 is 1.79 bits per heavy atom. The van der Waals surface area contributed by atoms with E-state index in [0.29, 0.717) is 0 Å². The van der Waals surface area contributed by atoms with Crippen molar-refractivity contribution < 1.29 is 0 Å². The summed E-state index contributed by atoms with van der Waals surface area (Å²) in [4.78, 5) is 0. The number of unbranched alkanes of at least 4 members (excludes halogenated alkanes) is 4. The molecule has 2 aromatic carbocycles. The normalized spacial score (nSPS) is 17.8. The molecule has 33 heavy (non-hydrogen) atoms. The second-order valence-electron chi connectivity index (χ2n) is 10.1. The standard InChI is InChI=1S/C33H44/c1-3-5-7-8-9-11-29-14-18-31(19-15-29)21-23-33-26-24-32(25-27-33)22-20-30-16-12-28(13-17-30)10-6-4-2/h3,14-15,18-19,24-28,30H,1,4-13,16-17,20,22H2,2H3. The molecule has 0 heterocycles. The van der Waals surface area contributed by atoms with Crippen LogP contribution in [0.15, 0.2) is 61.2 Å². The van der Waals surface area contributed by atoms with Crippen LogP contribution < -0.4 is 0 Å². The monoisotopic (exact) mass is 440 g/mol. The highest BCUT2D eigenvalue weighted by molar-refractivity contribution is 5.44. The van der Waals surface area contributed by atoms with E-state index in [0.717, 1.165) is 35.8 Å². The summed E-state index contributed by atoms with van der Waals surface area (Å²) >= 11 is 0. The summed E-state index contributed by atoms with van der Waals surface area (Å²) < 4.78 is 0. The summed E-state index contributed by atoms with van der Waals surface area (Å²) in [5.41, 5.74) is 5.09. The van der Waals surface area contributed by atoms with Gasteiger partial charge >= 0.3 is 0 Å². The maximum Gasteiger partial charge on any atom is 0.0249 e. The van der Waals surface area contributed by atoms with Crippen LogP contribution in [0, 0.1) is 23.7 Å². The average molecular weight is 441 g/mol. The van der Waals surface area contributed by atoms with Gasteiger partial charge in [-0.2, -0.15) is 0 Å². The molecule has 2 aromatic rings. The molecule has 1 aliphatic rings. The lowest BCUT2D eigenvalue weighted by atomic mass is 9.78. The van der Waals surface area contributed by atoms with E-state index in [1.165, 1.54) is 88.2 Å². The van der Waals surface area contributed by atoms with E-state index in [9.17, 15) is 0 Å². The fourth-order valence-corrected chi connectivity index (χ4v) is 5.12. The van der Waals surface area contributed by atoms with Crippen LogP contribution in [0.4, 0.5) is 0 Å². The van der Waals surface area contributed by atoms with Gasteiger partial charge in [0.1, 0.15) is 0 Å². The number of allylic oxidation sites excluding steroid dienone is 1. The van der Waals surface area contributed by atoms with Crippen molar-refractivity contribution in [2.24, 2.45) is 11.8 Å². The minimum absolute atomic E-state index is 0.942. The number of rotatable bonds is 12. The Morgan fingerprint density at radius 1 is 0.697 bits per heavy atom. The molecule has 3 rings (SSSR count). The Bertz CT molecular complexity index is 851. The maximum atomic E-state index is 3.79. The first-order chi connectivity index (χ1) is 16.3. The van der Waals surface area contributed by atoms with E-state index >= 15 is 0 Å². The van der Waals surface area contributed by atoms with Gasteiger partial charge in [-0.3, -0.25) is 0 Å². The second kappa shape index (κ2) is 14.8. The molecular weight excluding hydrogens is 396 g/mol. The molecule has 0 amide bonds. The first kappa shape index (κ1) is 25.4. The zero-order chi connectivity index (χ0) is 23.1. The lowest BCUT2D eigenvalue weighted by Crippen LogP contribution is -2.15. The first-order valence-electron chi connectivity index (χ1n) is 13.6. The topological polar surface area (TPSA) is 0 Å². The molecule has 0 nitrogen and oxygen atoms in total. The summed E-state index contributed by atoms with van der Waals surface area (Å²) in [6.45, 7) is 6.11. The van der Waals surface area contributed by atoms with Gasteiger partial charge in [-0.1, -0.05) is 100 Å². The van der Waals surface area contributed by atoms with E-state index < -0.39 is 0 Å². The average Bonchev–Trinajstić information content (AvgIpc) is 2.87. The molecule has 0 bridgehead atoms. The Morgan fingerprint density at radius 2 is 1.24 bits per heavy atom. The van der Waals surface area contributed by atoms with Crippen LogP contribution in [-0.2, 0) is 12.8 Å². The van der Waals surface area contributed by atoms with E-state index in [4.69, 9.17) is 0 Å². The highest BCUT2D eigenvalue weighted by atomic mass is 14.3. The third-order valence-electron chi connectivity index (χ3n) is 7.41. The Balaban J connectivity index is 1.39. The molecule has 0 heteroatoms. The van der Waals surface area contributed by atoms with Crippen LogP contribution in [0.1, 0.15) is 106 Å². The van der Waals surface area contributed by atoms with Crippen molar-refractivity contribution in [3.63, 3.8) is 0 Å². The van der Waals surface area contributed by atoms with Gasteiger partial charge in [0, 0.05) is 11.1 Å². The minimum atomic E-state index is 0.942. The van der Waals surface area contributed by atoms with Crippen LogP contribution in [0.5, 0.6) is 0 Å². The highest BCUT2D eigenvalue weighted by Gasteiger charge is 2.20. The van der Waals surface area contributed by atoms with Gasteiger partial charge in [-0.05, 0) is 85.8 Å². The number of benzene rings is 2. The lowest BCUT2D eigenvalue weighted by molar-refractivity contribution is 0.250. The minimum Gasteiger partial charge on any atom is -0.103 e. The SMILES string of the molecule is C=CCCCCCc1ccc(C#Cc2ccc(CCC3CCC(CCCC)CC3)cc2)cc1. The molecule has 0 aliphatic heterocycles. The molecule has 0 radical (unpaired) electrons. The second-order valence-corrected chi connectivity index (χ2v) is 10.1. The molecule has 0 saturated heterocycles. The van der Waals surface area contributed by atoms with E-state index in [2.05, 4.69) is 73.9 Å². The first-order valence-corrected chi connectivity index (χ1v) is 13.6. The van der Waals surface area contributed by atoms with Crippen molar-refractivity contribution >= 4 is 0 Å². The van der Waals surface area contributed by atoms with E-state index in [1.807, 2.05) is 6.08 Å². The molecule has 1 saturated carbocycles. The quantitative estimate of drug-likeness (QED) is 0.175. The lowest BCUT2D eigenvalue weighted by Gasteiger charge is -2.28. The van der Waals surface area contributed by atoms with E-state index in [-0.39, 0.29) is 0 Å². The highest BCUT2D eigenvalue weighted by Crippen LogP contribution is 2.34. The summed E-state index contributed by atoms with van der Waals surface area (Å²) in [6, 6.07) is 17.8. The van der Waals surface area contributed by atoms with Crippen molar-refractivity contribution in [3.8, 4) is 11.8 Å². The molecule has 176 valence electrons. The number of aryl methyl sites for hydroxylation is 2. The molecule has 0 spiro atoms. The van der Waals surface area contributed by atoms with Gasteiger partial charge in [0.05, 0.1) is 0 Å². The molecule has 0 unspecified atom stereocenters.